The highest BCUT2D eigenvalue weighted by molar-refractivity contribution is 5.61. The van der Waals surface area contributed by atoms with Gasteiger partial charge in [0, 0.05) is 58.6 Å². The molecule has 5 heteroatoms. The minimum atomic E-state index is 0.640. The van der Waals surface area contributed by atoms with E-state index in [9.17, 15) is 0 Å². The molecule has 6 aromatic rings. The predicted octanol–water partition coefficient (Wildman–Crippen LogP) is 7.46. The number of pyridine rings is 5. The summed E-state index contributed by atoms with van der Waals surface area (Å²) >= 11 is 0. The molecular weight excluding hydrogens is 490 g/mol. The summed E-state index contributed by atoms with van der Waals surface area (Å²) in [6.07, 6.45) is 3.11. The van der Waals surface area contributed by atoms with Crippen molar-refractivity contribution in [2.24, 2.45) is 0 Å². The highest BCUT2D eigenvalue weighted by Gasteiger charge is 2.09. The van der Waals surface area contributed by atoms with Crippen molar-refractivity contribution in [2.45, 2.75) is 26.7 Å². The average Bonchev–Trinajstić information content (AvgIpc) is 2.98. The summed E-state index contributed by atoms with van der Waals surface area (Å²) in [7, 11) is 0. The van der Waals surface area contributed by atoms with Gasteiger partial charge in [0.1, 0.15) is 0 Å². The van der Waals surface area contributed by atoms with E-state index in [0.29, 0.717) is 12.8 Å². The Hall–Kier alpha value is -5.03. The van der Waals surface area contributed by atoms with Gasteiger partial charge in [0.2, 0.25) is 0 Å². The SMILES string of the molecule is Cc1cccc(-c2cccc(Cc3cccc(-c4cccc(Cc5cccc(-c6ccnc(C)c6)n5)n4)n3)n2)c1. The van der Waals surface area contributed by atoms with E-state index in [4.69, 9.17) is 19.9 Å². The number of hydrogen-bond acceptors (Lipinski definition) is 5. The van der Waals surface area contributed by atoms with Gasteiger partial charge in [0.25, 0.3) is 0 Å². The van der Waals surface area contributed by atoms with Crippen LogP contribution >= 0.6 is 0 Å². The van der Waals surface area contributed by atoms with Crippen LogP contribution in [0.25, 0.3) is 33.9 Å². The zero-order chi connectivity index (χ0) is 27.3. The summed E-state index contributed by atoms with van der Waals surface area (Å²) in [4.78, 5) is 24.0. The second-order valence-electron chi connectivity index (χ2n) is 9.97. The van der Waals surface area contributed by atoms with Crippen molar-refractivity contribution in [1.82, 2.24) is 24.9 Å². The summed E-state index contributed by atoms with van der Waals surface area (Å²) in [6, 6.07) is 37.0. The largest absolute Gasteiger partial charge is 0.262 e. The third-order valence-electron chi connectivity index (χ3n) is 6.72. The lowest BCUT2D eigenvalue weighted by molar-refractivity contribution is 0.997. The van der Waals surface area contributed by atoms with E-state index >= 15 is 0 Å². The first-order chi connectivity index (χ1) is 19.6. The summed E-state index contributed by atoms with van der Waals surface area (Å²) in [5.41, 5.74) is 11.9. The van der Waals surface area contributed by atoms with Gasteiger partial charge < -0.3 is 0 Å². The molecule has 5 nitrogen and oxygen atoms in total. The molecule has 0 bridgehead atoms. The molecule has 0 aliphatic carbocycles. The van der Waals surface area contributed by atoms with Crippen LogP contribution < -0.4 is 0 Å². The molecule has 6 rings (SSSR count). The number of aromatic nitrogens is 5. The van der Waals surface area contributed by atoms with Crippen molar-refractivity contribution in [3.8, 4) is 33.9 Å². The minimum absolute atomic E-state index is 0.640. The van der Waals surface area contributed by atoms with Crippen LogP contribution in [0.5, 0.6) is 0 Å². The summed E-state index contributed by atoms with van der Waals surface area (Å²) in [6.45, 7) is 4.09. The van der Waals surface area contributed by atoms with Gasteiger partial charge in [0.15, 0.2) is 0 Å². The van der Waals surface area contributed by atoms with Crippen LogP contribution in [0, 0.1) is 13.8 Å². The quantitative estimate of drug-likeness (QED) is 0.219. The van der Waals surface area contributed by atoms with Gasteiger partial charge in [-0.1, -0.05) is 48.0 Å². The molecule has 0 unspecified atom stereocenters. The Kier molecular flexibility index (Phi) is 7.18. The smallest absolute Gasteiger partial charge is 0.0889 e. The Morgan fingerprint density at radius 2 is 0.900 bits per heavy atom. The van der Waals surface area contributed by atoms with E-state index in [0.717, 1.165) is 62.4 Å². The van der Waals surface area contributed by atoms with Gasteiger partial charge in [-0.15, -0.1) is 0 Å². The zero-order valence-corrected chi connectivity index (χ0v) is 22.6. The van der Waals surface area contributed by atoms with Crippen LogP contribution in [0.15, 0.2) is 115 Å². The molecule has 194 valence electrons. The van der Waals surface area contributed by atoms with E-state index in [1.165, 1.54) is 5.56 Å². The van der Waals surface area contributed by atoms with Crippen molar-refractivity contribution in [3.05, 3.63) is 149 Å². The van der Waals surface area contributed by atoms with Gasteiger partial charge in [0.05, 0.1) is 22.8 Å². The molecule has 1 aromatic carbocycles. The molecule has 0 N–H and O–H groups in total. The maximum atomic E-state index is 4.94. The Morgan fingerprint density at radius 1 is 0.450 bits per heavy atom. The molecule has 0 saturated heterocycles. The predicted molar refractivity (Wildman–Crippen MR) is 160 cm³/mol. The topological polar surface area (TPSA) is 64.5 Å². The molecule has 0 fully saturated rings. The normalized spacial score (nSPS) is 10.9. The van der Waals surface area contributed by atoms with E-state index in [1.54, 1.807) is 0 Å². The highest BCUT2D eigenvalue weighted by Crippen LogP contribution is 2.22. The molecule has 0 radical (unpaired) electrons. The number of hydrogen-bond donors (Lipinski definition) is 0. The third-order valence-corrected chi connectivity index (χ3v) is 6.72. The van der Waals surface area contributed by atoms with Crippen molar-refractivity contribution in [1.29, 1.82) is 0 Å². The molecule has 40 heavy (non-hydrogen) atoms. The number of aryl methyl sites for hydroxylation is 2. The first kappa shape index (κ1) is 25.3. The van der Waals surface area contributed by atoms with E-state index in [2.05, 4.69) is 60.4 Å². The molecule has 0 atom stereocenters. The lowest BCUT2D eigenvalue weighted by Gasteiger charge is -2.08. The van der Waals surface area contributed by atoms with E-state index < -0.39 is 0 Å². The standard InChI is InChI=1S/C35H29N5/c1-24-8-3-9-26(20-24)32-14-4-10-28(37-32)22-30-12-6-16-34(39-30)35-17-7-13-31(40-35)23-29-11-5-15-33(38-29)27-18-19-36-25(2)21-27/h3-21H,22-23H2,1-2H3. The van der Waals surface area contributed by atoms with E-state index in [-0.39, 0.29) is 0 Å². The molecule has 0 aliphatic rings. The Bertz CT molecular complexity index is 1660. The van der Waals surface area contributed by atoms with Gasteiger partial charge >= 0.3 is 0 Å². The maximum absolute atomic E-state index is 4.94. The first-order valence-corrected chi connectivity index (χ1v) is 13.4. The van der Waals surface area contributed by atoms with Gasteiger partial charge in [-0.3, -0.25) is 24.9 Å². The highest BCUT2D eigenvalue weighted by atomic mass is 14.8. The fraction of sp³-hybridized carbons (Fsp3) is 0.114. The van der Waals surface area contributed by atoms with Crippen molar-refractivity contribution in [3.63, 3.8) is 0 Å². The second kappa shape index (κ2) is 11.4. The van der Waals surface area contributed by atoms with Crippen molar-refractivity contribution >= 4 is 0 Å². The molecule has 0 spiro atoms. The summed E-state index contributed by atoms with van der Waals surface area (Å²) in [5, 5.41) is 0. The Morgan fingerprint density at radius 3 is 1.40 bits per heavy atom. The molecule has 5 aromatic heterocycles. The fourth-order valence-corrected chi connectivity index (χ4v) is 4.80. The third kappa shape index (κ3) is 6.00. The number of rotatable bonds is 7. The lowest BCUT2D eigenvalue weighted by Crippen LogP contribution is -2.00. The van der Waals surface area contributed by atoms with Crippen molar-refractivity contribution in [2.75, 3.05) is 0 Å². The molecular formula is C35H29N5. The summed E-state index contributed by atoms with van der Waals surface area (Å²) < 4.78 is 0. The monoisotopic (exact) mass is 519 g/mol. The van der Waals surface area contributed by atoms with Crippen LogP contribution in [0.4, 0.5) is 0 Å². The van der Waals surface area contributed by atoms with Crippen LogP contribution in [-0.4, -0.2) is 24.9 Å². The average molecular weight is 520 g/mol. The van der Waals surface area contributed by atoms with Crippen LogP contribution in [0.2, 0.25) is 0 Å². The number of nitrogens with zero attached hydrogens (tertiary/aromatic N) is 5. The zero-order valence-electron chi connectivity index (χ0n) is 22.6. The van der Waals surface area contributed by atoms with Gasteiger partial charge in [-0.05, 0) is 80.6 Å². The van der Waals surface area contributed by atoms with Crippen LogP contribution in [0.3, 0.4) is 0 Å². The minimum Gasteiger partial charge on any atom is -0.262 e. The first-order valence-electron chi connectivity index (χ1n) is 13.4. The van der Waals surface area contributed by atoms with Gasteiger partial charge in [-0.25, -0.2) is 0 Å². The Labute approximate surface area is 234 Å². The molecule has 5 heterocycles. The molecule has 0 saturated carbocycles. The second-order valence-corrected chi connectivity index (χ2v) is 9.97. The maximum Gasteiger partial charge on any atom is 0.0889 e. The van der Waals surface area contributed by atoms with Crippen molar-refractivity contribution < 1.29 is 0 Å². The van der Waals surface area contributed by atoms with Crippen LogP contribution in [-0.2, 0) is 12.8 Å². The van der Waals surface area contributed by atoms with E-state index in [1.807, 2.05) is 73.8 Å². The summed E-state index contributed by atoms with van der Waals surface area (Å²) in [5.74, 6) is 0. The fourth-order valence-electron chi connectivity index (χ4n) is 4.80. The molecule has 0 aliphatic heterocycles. The van der Waals surface area contributed by atoms with Crippen LogP contribution in [0.1, 0.15) is 34.0 Å². The Balaban J connectivity index is 1.21. The van der Waals surface area contributed by atoms with Gasteiger partial charge in [-0.2, -0.15) is 0 Å². The number of benzene rings is 1. The molecule has 0 amide bonds. The lowest BCUT2D eigenvalue weighted by atomic mass is 10.1.